The van der Waals surface area contributed by atoms with Gasteiger partial charge in [-0.2, -0.15) is 13.2 Å². The lowest BCUT2D eigenvalue weighted by molar-refractivity contribution is -0.384. The van der Waals surface area contributed by atoms with Crippen LogP contribution in [0.2, 0.25) is 0 Å². The lowest BCUT2D eigenvalue weighted by Crippen LogP contribution is -2.31. The zero-order valence-corrected chi connectivity index (χ0v) is 23.0. The molecule has 6 nitrogen and oxygen atoms in total. The van der Waals surface area contributed by atoms with Gasteiger partial charge in [0.1, 0.15) is 11.9 Å². The third kappa shape index (κ3) is 5.52. The zero-order chi connectivity index (χ0) is 29.7. The first kappa shape index (κ1) is 29.0. The van der Waals surface area contributed by atoms with Crippen LogP contribution < -0.4 is 0 Å². The SMILES string of the molecule is Cc1cc(CN2C(=O)O[C@H](c3cc(C)cc([N+](=O)[O-])c3-c3cc(C(C)C)c(F)cc3C)[C@H]2C)cc(C(F)(F)F)c1. The molecular weight excluding hydrogens is 528 g/mol. The summed E-state index contributed by atoms with van der Waals surface area (Å²) in [6, 6.07) is 8.98. The molecule has 10 heteroatoms. The van der Waals surface area contributed by atoms with Gasteiger partial charge in [0.2, 0.25) is 0 Å². The first-order chi connectivity index (χ1) is 18.6. The predicted octanol–water partition coefficient (Wildman–Crippen LogP) is 8.55. The Kier molecular flexibility index (Phi) is 7.66. The highest BCUT2D eigenvalue weighted by molar-refractivity contribution is 5.82. The first-order valence-electron chi connectivity index (χ1n) is 12.8. The highest BCUT2D eigenvalue weighted by Crippen LogP contribution is 2.45. The van der Waals surface area contributed by atoms with Crippen molar-refractivity contribution in [3.8, 4) is 11.1 Å². The van der Waals surface area contributed by atoms with Crippen molar-refractivity contribution in [2.75, 3.05) is 0 Å². The molecule has 0 bridgehead atoms. The summed E-state index contributed by atoms with van der Waals surface area (Å²) < 4.78 is 60.7. The van der Waals surface area contributed by atoms with Crippen molar-refractivity contribution in [1.82, 2.24) is 4.90 Å². The van der Waals surface area contributed by atoms with Gasteiger partial charge in [0.25, 0.3) is 5.69 Å². The summed E-state index contributed by atoms with van der Waals surface area (Å²) >= 11 is 0. The maximum atomic E-state index is 14.7. The van der Waals surface area contributed by atoms with Crippen LogP contribution in [0, 0.1) is 36.7 Å². The van der Waals surface area contributed by atoms with E-state index in [-0.39, 0.29) is 29.3 Å². The first-order valence-corrected chi connectivity index (χ1v) is 12.8. The summed E-state index contributed by atoms with van der Waals surface area (Å²) in [5, 5.41) is 12.2. The van der Waals surface area contributed by atoms with Crippen LogP contribution in [0.15, 0.2) is 42.5 Å². The van der Waals surface area contributed by atoms with Gasteiger partial charge in [0.05, 0.1) is 22.1 Å². The molecule has 4 rings (SSSR count). The third-order valence-electron chi connectivity index (χ3n) is 7.24. The minimum absolute atomic E-state index is 0.141. The molecule has 0 unspecified atom stereocenters. The Morgan fingerprint density at radius 2 is 1.68 bits per heavy atom. The molecule has 0 saturated carbocycles. The van der Waals surface area contributed by atoms with Crippen molar-refractivity contribution in [1.29, 1.82) is 0 Å². The Hall–Kier alpha value is -3.95. The number of benzene rings is 3. The van der Waals surface area contributed by atoms with E-state index in [2.05, 4.69) is 0 Å². The predicted molar refractivity (Wildman–Crippen MR) is 142 cm³/mol. The van der Waals surface area contributed by atoms with E-state index in [0.717, 1.165) is 12.1 Å². The molecule has 0 aromatic heterocycles. The fourth-order valence-electron chi connectivity index (χ4n) is 5.31. The lowest BCUT2D eigenvalue weighted by Gasteiger charge is -2.24. The maximum Gasteiger partial charge on any atom is 0.416 e. The van der Waals surface area contributed by atoms with E-state index in [1.165, 1.54) is 17.0 Å². The molecule has 1 amide bonds. The van der Waals surface area contributed by atoms with Gasteiger partial charge >= 0.3 is 12.3 Å². The van der Waals surface area contributed by atoms with Gasteiger partial charge in [-0.15, -0.1) is 0 Å². The van der Waals surface area contributed by atoms with Crippen molar-refractivity contribution in [2.45, 2.75) is 72.3 Å². The van der Waals surface area contributed by atoms with Gasteiger partial charge in [-0.1, -0.05) is 31.5 Å². The number of carbonyl (C=O) groups excluding carboxylic acids is 1. The Bertz CT molecular complexity index is 1500. The highest BCUT2D eigenvalue weighted by atomic mass is 19.4. The normalized spacial score (nSPS) is 17.5. The molecule has 0 N–H and O–H groups in total. The van der Waals surface area contributed by atoms with Gasteiger partial charge in [-0.05, 0) is 85.7 Å². The number of alkyl halides is 3. The molecule has 1 saturated heterocycles. The molecule has 3 aromatic carbocycles. The Morgan fingerprint density at radius 1 is 1.02 bits per heavy atom. The number of nitrogens with zero attached hydrogens (tertiary/aromatic N) is 2. The maximum absolute atomic E-state index is 14.7. The molecule has 1 aliphatic rings. The molecule has 1 aliphatic heterocycles. The molecule has 2 atom stereocenters. The van der Waals surface area contributed by atoms with Crippen molar-refractivity contribution in [3.63, 3.8) is 0 Å². The van der Waals surface area contributed by atoms with Gasteiger partial charge in [-0.3, -0.25) is 15.0 Å². The lowest BCUT2D eigenvalue weighted by atomic mass is 9.86. The van der Waals surface area contributed by atoms with Gasteiger partial charge in [-0.25, -0.2) is 9.18 Å². The number of rotatable bonds is 6. The second-order valence-electron chi connectivity index (χ2n) is 10.7. The second-order valence-corrected chi connectivity index (χ2v) is 10.7. The van der Waals surface area contributed by atoms with E-state index in [1.54, 1.807) is 45.9 Å². The summed E-state index contributed by atoms with van der Waals surface area (Å²) in [6.45, 7) is 10.1. The number of nitro groups is 1. The summed E-state index contributed by atoms with van der Waals surface area (Å²) in [5.74, 6) is -0.613. The molecule has 1 heterocycles. The largest absolute Gasteiger partial charge is 0.439 e. The van der Waals surface area contributed by atoms with E-state index in [1.807, 2.05) is 13.8 Å². The number of nitro benzene ring substituents is 1. The summed E-state index contributed by atoms with van der Waals surface area (Å²) in [4.78, 5) is 26.1. The van der Waals surface area contributed by atoms with Gasteiger partial charge < -0.3 is 4.74 Å². The van der Waals surface area contributed by atoms with Gasteiger partial charge in [0.15, 0.2) is 0 Å². The number of hydrogen-bond donors (Lipinski definition) is 0. The fourth-order valence-corrected chi connectivity index (χ4v) is 5.31. The topological polar surface area (TPSA) is 72.7 Å². The number of halogens is 4. The Balaban J connectivity index is 1.83. The molecule has 0 radical (unpaired) electrons. The van der Waals surface area contributed by atoms with Crippen LogP contribution in [0.5, 0.6) is 0 Å². The Labute approximate surface area is 229 Å². The zero-order valence-electron chi connectivity index (χ0n) is 23.0. The number of carbonyl (C=O) groups is 1. The van der Waals surface area contributed by atoms with E-state index >= 15 is 0 Å². The number of ether oxygens (including phenoxy) is 1. The quantitative estimate of drug-likeness (QED) is 0.173. The second kappa shape index (κ2) is 10.6. The average Bonchev–Trinajstić information content (AvgIpc) is 3.11. The van der Waals surface area contributed by atoms with Crippen molar-refractivity contribution in [3.05, 3.63) is 97.3 Å². The highest BCUT2D eigenvalue weighted by Gasteiger charge is 2.42. The average molecular weight is 559 g/mol. The number of amides is 1. The number of hydrogen-bond acceptors (Lipinski definition) is 4. The number of cyclic esters (lactones) is 1. The number of aryl methyl sites for hydroxylation is 3. The summed E-state index contributed by atoms with van der Waals surface area (Å²) in [5.41, 5.74) is 2.11. The smallest absolute Gasteiger partial charge is 0.416 e. The monoisotopic (exact) mass is 558 g/mol. The van der Waals surface area contributed by atoms with Crippen LogP contribution in [0.3, 0.4) is 0 Å². The standard InChI is InChI=1S/C30H30F4N2O4/c1-15(2)22-13-23(18(5)11-25(22)31)27-24(9-17(4)10-26(27)36(38)39)28-19(6)35(29(37)40-28)14-20-7-16(3)8-21(12-20)30(32,33)34/h7-13,15,19,28H,14H2,1-6H3/t19-,28+/m1/s1. The fraction of sp³-hybridized carbons (Fsp3) is 0.367. The minimum atomic E-state index is -4.54. The van der Waals surface area contributed by atoms with Crippen LogP contribution >= 0.6 is 0 Å². The summed E-state index contributed by atoms with van der Waals surface area (Å²) in [6.07, 6.45) is -6.25. The van der Waals surface area contributed by atoms with Crippen LogP contribution in [0.1, 0.15) is 71.7 Å². The minimum Gasteiger partial charge on any atom is -0.439 e. The van der Waals surface area contributed by atoms with Crippen LogP contribution in [0.25, 0.3) is 11.1 Å². The molecule has 0 aliphatic carbocycles. The van der Waals surface area contributed by atoms with Gasteiger partial charge in [0, 0.05) is 18.2 Å². The molecule has 212 valence electrons. The summed E-state index contributed by atoms with van der Waals surface area (Å²) in [7, 11) is 0. The molecule has 0 spiro atoms. The van der Waals surface area contributed by atoms with Crippen LogP contribution in [-0.4, -0.2) is 22.0 Å². The van der Waals surface area contributed by atoms with Crippen LogP contribution in [0.4, 0.5) is 28.0 Å². The van der Waals surface area contributed by atoms with E-state index < -0.39 is 40.7 Å². The molecule has 3 aromatic rings. The van der Waals surface area contributed by atoms with Crippen molar-refractivity contribution >= 4 is 11.8 Å². The Morgan fingerprint density at radius 3 is 2.27 bits per heavy atom. The third-order valence-corrected chi connectivity index (χ3v) is 7.24. The molecule has 40 heavy (non-hydrogen) atoms. The van der Waals surface area contributed by atoms with E-state index in [0.29, 0.717) is 33.4 Å². The van der Waals surface area contributed by atoms with Crippen molar-refractivity contribution in [2.24, 2.45) is 0 Å². The van der Waals surface area contributed by atoms with Crippen LogP contribution in [-0.2, 0) is 17.5 Å². The van der Waals surface area contributed by atoms with E-state index in [9.17, 15) is 32.5 Å². The molecule has 1 fully saturated rings. The van der Waals surface area contributed by atoms with E-state index in [4.69, 9.17) is 4.74 Å². The van der Waals surface area contributed by atoms with Crippen molar-refractivity contribution < 1.29 is 32.0 Å². The molecular formula is C30H30F4N2O4.